The van der Waals surface area contributed by atoms with E-state index in [-0.39, 0.29) is 6.61 Å². The second kappa shape index (κ2) is 3.90. The zero-order valence-electron chi connectivity index (χ0n) is 8.31. The van der Waals surface area contributed by atoms with E-state index >= 15 is 0 Å². The molecule has 1 aromatic rings. The van der Waals surface area contributed by atoms with E-state index in [9.17, 15) is 4.79 Å². The molecule has 1 aliphatic heterocycles. The molecule has 80 valence electrons. The van der Waals surface area contributed by atoms with Crippen molar-refractivity contribution in [2.45, 2.75) is 12.8 Å². The zero-order chi connectivity index (χ0) is 10.8. The molecule has 0 atom stereocenters. The number of rotatable bonds is 2. The van der Waals surface area contributed by atoms with Gasteiger partial charge < -0.3 is 10.2 Å². The van der Waals surface area contributed by atoms with E-state index in [4.69, 9.17) is 10.2 Å². The van der Waals surface area contributed by atoms with Crippen molar-refractivity contribution in [2.75, 3.05) is 18.1 Å². The zero-order valence-corrected chi connectivity index (χ0v) is 8.31. The lowest BCUT2D eigenvalue weighted by Gasteiger charge is -2.13. The van der Waals surface area contributed by atoms with Crippen LogP contribution in [0.2, 0.25) is 0 Å². The van der Waals surface area contributed by atoms with Gasteiger partial charge in [0.2, 0.25) is 0 Å². The Morgan fingerprint density at radius 1 is 1.47 bits per heavy atom. The van der Waals surface area contributed by atoms with Crippen LogP contribution in [0.25, 0.3) is 0 Å². The highest BCUT2D eigenvalue weighted by molar-refractivity contribution is 5.89. The Hall–Kier alpha value is -1.55. The first-order valence-electron chi connectivity index (χ1n) is 4.95. The summed E-state index contributed by atoms with van der Waals surface area (Å²) in [6, 6.07) is 5.75. The van der Waals surface area contributed by atoms with E-state index < -0.39 is 6.09 Å². The van der Waals surface area contributed by atoms with E-state index in [2.05, 4.69) is 0 Å². The van der Waals surface area contributed by atoms with Gasteiger partial charge in [0.1, 0.15) is 0 Å². The average molecular weight is 207 g/mol. The molecular formula is C11H13NO3. The smallest absolute Gasteiger partial charge is 0.411 e. The number of anilines is 1. The second-order valence-electron chi connectivity index (χ2n) is 3.62. The first-order valence-corrected chi connectivity index (χ1v) is 4.95. The molecule has 0 radical (unpaired) electrons. The highest BCUT2D eigenvalue weighted by atomic mass is 16.4. The highest BCUT2D eigenvalue weighted by Gasteiger charge is 2.23. The fourth-order valence-electron chi connectivity index (χ4n) is 1.91. The van der Waals surface area contributed by atoms with Gasteiger partial charge in [-0.05, 0) is 30.0 Å². The van der Waals surface area contributed by atoms with Crippen molar-refractivity contribution in [1.82, 2.24) is 0 Å². The van der Waals surface area contributed by atoms with E-state index in [1.807, 2.05) is 18.2 Å². The normalized spacial score (nSPS) is 14.1. The van der Waals surface area contributed by atoms with Gasteiger partial charge in [-0.25, -0.2) is 4.79 Å². The minimum atomic E-state index is -0.908. The number of nitrogens with zero attached hydrogens (tertiary/aromatic N) is 1. The number of aliphatic hydroxyl groups excluding tert-OH is 1. The first-order chi connectivity index (χ1) is 7.22. The molecule has 2 rings (SSSR count). The molecule has 2 N–H and O–H groups in total. The molecule has 15 heavy (non-hydrogen) atoms. The molecule has 1 amide bonds. The van der Waals surface area contributed by atoms with Crippen molar-refractivity contribution >= 4 is 11.8 Å². The van der Waals surface area contributed by atoms with Gasteiger partial charge in [-0.15, -0.1) is 0 Å². The summed E-state index contributed by atoms with van der Waals surface area (Å²) in [5.41, 5.74) is 2.82. The number of hydrogen-bond donors (Lipinski definition) is 2. The first kappa shape index (κ1) is 9.98. The summed E-state index contributed by atoms with van der Waals surface area (Å²) >= 11 is 0. The summed E-state index contributed by atoms with van der Waals surface area (Å²) in [4.78, 5) is 12.3. The molecule has 0 aromatic heterocycles. The minimum Gasteiger partial charge on any atom is -0.465 e. The van der Waals surface area contributed by atoms with Crippen molar-refractivity contribution in [3.63, 3.8) is 0 Å². The molecule has 1 aliphatic rings. The summed E-state index contributed by atoms with van der Waals surface area (Å²) in [6.07, 6.45) is 0.441. The Balaban J connectivity index is 2.33. The van der Waals surface area contributed by atoms with Crippen LogP contribution >= 0.6 is 0 Å². The molecule has 0 spiro atoms. The molecule has 0 bridgehead atoms. The summed E-state index contributed by atoms with van der Waals surface area (Å²) in [5.74, 6) is 0. The van der Waals surface area contributed by atoms with Crippen molar-refractivity contribution in [3.8, 4) is 0 Å². The molecular weight excluding hydrogens is 194 g/mol. The Morgan fingerprint density at radius 3 is 2.93 bits per heavy atom. The van der Waals surface area contributed by atoms with Gasteiger partial charge in [-0.3, -0.25) is 4.90 Å². The second-order valence-corrected chi connectivity index (χ2v) is 3.62. The Bertz CT molecular complexity index is 389. The van der Waals surface area contributed by atoms with Crippen molar-refractivity contribution in [3.05, 3.63) is 29.3 Å². The third kappa shape index (κ3) is 1.80. The van der Waals surface area contributed by atoms with Crippen LogP contribution in [0.3, 0.4) is 0 Å². The molecule has 0 unspecified atom stereocenters. The fraction of sp³-hybridized carbons (Fsp3) is 0.364. The molecule has 0 saturated carbocycles. The lowest BCUT2D eigenvalue weighted by Crippen LogP contribution is -2.26. The predicted octanol–water partition coefficient (Wildman–Crippen LogP) is 1.26. The number of carboxylic acid groups (broad SMARTS) is 1. The van der Waals surface area contributed by atoms with Crippen LogP contribution in [0.4, 0.5) is 10.5 Å². The van der Waals surface area contributed by atoms with Gasteiger partial charge in [0.15, 0.2) is 0 Å². The van der Waals surface area contributed by atoms with Crippen molar-refractivity contribution in [1.29, 1.82) is 0 Å². The molecule has 0 aliphatic carbocycles. The van der Waals surface area contributed by atoms with Crippen LogP contribution in [0.1, 0.15) is 11.1 Å². The number of fused-ring (bicyclic) bond motifs is 1. The quantitative estimate of drug-likeness (QED) is 0.767. The maximum Gasteiger partial charge on any atom is 0.411 e. The number of hydrogen-bond acceptors (Lipinski definition) is 2. The van der Waals surface area contributed by atoms with Gasteiger partial charge in [0.25, 0.3) is 0 Å². The van der Waals surface area contributed by atoms with Gasteiger partial charge in [-0.2, -0.15) is 0 Å². The maximum absolute atomic E-state index is 10.9. The van der Waals surface area contributed by atoms with Crippen molar-refractivity contribution in [2.24, 2.45) is 0 Å². The number of amides is 1. The number of benzene rings is 1. The Labute approximate surface area is 87.8 Å². The van der Waals surface area contributed by atoms with Crippen molar-refractivity contribution < 1.29 is 15.0 Å². The summed E-state index contributed by atoms with van der Waals surface area (Å²) in [6.45, 7) is 0.624. The van der Waals surface area contributed by atoms with Gasteiger partial charge in [0, 0.05) is 13.2 Å². The minimum absolute atomic E-state index is 0.0891. The largest absolute Gasteiger partial charge is 0.465 e. The van der Waals surface area contributed by atoms with E-state index in [0.717, 1.165) is 23.2 Å². The summed E-state index contributed by atoms with van der Waals surface area (Å²) in [5, 5.41) is 17.8. The van der Waals surface area contributed by atoms with Crippen LogP contribution in [0.15, 0.2) is 18.2 Å². The highest BCUT2D eigenvalue weighted by Crippen LogP contribution is 2.29. The lowest BCUT2D eigenvalue weighted by molar-refractivity contribution is 0.202. The molecule has 4 nitrogen and oxygen atoms in total. The third-order valence-corrected chi connectivity index (χ3v) is 2.68. The molecule has 0 saturated heterocycles. The monoisotopic (exact) mass is 207 g/mol. The van der Waals surface area contributed by atoms with Crippen LogP contribution in [0.5, 0.6) is 0 Å². The van der Waals surface area contributed by atoms with Crippen LogP contribution in [-0.2, 0) is 12.8 Å². The molecule has 0 fully saturated rings. The van der Waals surface area contributed by atoms with Crippen LogP contribution < -0.4 is 4.90 Å². The van der Waals surface area contributed by atoms with Crippen LogP contribution in [0, 0.1) is 0 Å². The topological polar surface area (TPSA) is 60.8 Å². The van der Waals surface area contributed by atoms with E-state index in [1.165, 1.54) is 4.90 Å². The Kier molecular flexibility index (Phi) is 2.60. The van der Waals surface area contributed by atoms with Gasteiger partial charge >= 0.3 is 6.09 Å². The van der Waals surface area contributed by atoms with Crippen LogP contribution in [-0.4, -0.2) is 29.5 Å². The van der Waals surface area contributed by atoms with Gasteiger partial charge in [0.05, 0.1) is 5.69 Å². The lowest BCUT2D eigenvalue weighted by atomic mass is 10.1. The third-order valence-electron chi connectivity index (χ3n) is 2.68. The number of aliphatic hydroxyl groups is 1. The van der Waals surface area contributed by atoms with E-state index in [0.29, 0.717) is 13.0 Å². The SMILES string of the molecule is O=C(O)N1CCc2ccc(CCO)cc21. The van der Waals surface area contributed by atoms with Gasteiger partial charge in [-0.1, -0.05) is 12.1 Å². The average Bonchev–Trinajstić information content (AvgIpc) is 2.61. The maximum atomic E-state index is 10.9. The number of carbonyl (C=O) groups is 1. The Morgan fingerprint density at radius 2 is 2.27 bits per heavy atom. The van der Waals surface area contributed by atoms with E-state index in [1.54, 1.807) is 0 Å². The standard InChI is InChI=1S/C11H13NO3/c13-6-4-8-1-2-9-3-5-12(11(14)15)10(9)7-8/h1-2,7,13H,3-6H2,(H,14,15). The molecule has 4 heteroatoms. The molecule has 1 aromatic carbocycles. The fourth-order valence-corrected chi connectivity index (χ4v) is 1.91. The predicted molar refractivity (Wildman–Crippen MR) is 56.3 cm³/mol. The summed E-state index contributed by atoms with van der Waals surface area (Å²) in [7, 11) is 0. The molecule has 1 heterocycles. The summed E-state index contributed by atoms with van der Waals surface area (Å²) < 4.78 is 0.